The molecule has 0 aromatic heterocycles. The van der Waals surface area contributed by atoms with E-state index in [4.69, 9.17) is 11.5 Å². The molecule has 1 amide bonds. The number of nitrogens with two attached hydrogens (primary N) is 2. The van der Waals surface area contributed by atoms with Gasteiger partial charge in [-0.2, -0.15) is 0 Å². The summed E-state index contributed by atoms with van der Waals surface area (Å²) in [6.45, 7) is 3.40. The van der Waals surface area contributed by atoms with Gasteiger partial charge in [-0.3, -0.25) is 4.79 Å². The topological polar surface area (TPSA) is 72.3 Å². The van der Waals surface area contributed by atoms with Gasteiger partial charge in [0, 0.05) is 18.3 Å². The maximum absolute atomic E-state index is 13.3. The van der Waals surface area contributed by atoms with E-state index in [2.05, 4.69) is 4.90 Å². The third kappa shape index (κ3) is 2.77. The van der Waals surface area contributed by atoms with Crippen molar-refractivity contribution in [3.8, 4) is 0 Å². The fourth-order valence-electron chi connectivity index (χ4n) is 3.24. The number of hydrogen-bond acceptors (Lipinski definition) is 3. The molecule has 2 rings (SSSR count). The van der Waals surface area contributed by atoms with E-state index >= 15 is 0 Å². The van der Waals surface area contributed by atoms with Crippen LogP contribution < -0.4 is 16.4 Å². The molecule has 110 valence electrons. The van der Waals surface area contributed by atoms with Crippen LogP contribution in [0, 0.1) is 11.7 Å². The summed E-state index contributed by atoms with van der Waals surface area (Å²) in [4.78, 5) is 13.7. The number of amides is 1. The van der Waals surface area contributed by atoms with Gasteiger partial charge in [-0.1, -0.05) is 6.42 Å². The summed E-state index contributed by atoms with van der Waals surface area (Å²) < 4.78 is 13.3. The number of hydrogen-bond donors (Lipinski definition) is 2. The lowest BCUT2D eigenvalue weighted by Gasteiger charge is -2.34. The van der Waals surface area contributed by atoms with Gasteiger partial charge in [0.25, 0.3) is 5.91 Å². The second kappa shape index (κ2) is 6.22. The number of carbonyl (C=O) groups is 1. The Morgan fingerprint density at radius 3 is 2.80 bits per heavy atom. The SMILES string of the molecule is CCN(c1ccc(F)cc1C(N)=O)C1CCCC1CN. The Bertz CT molecular complexity index is 492. The van der Waals surface area contributed by atoms with E-state index in [0.717, 1.165) is 25.8 Å². The second-order valence-corrected chi connectivity index (χ2v) is 5.31. The van der Waals surface area contributed by atoms with Crippen molar-refractivity contribution in [2.75, 3.05) is 18.0 Å². The number of primary amides is 1. The highest BCUT2D eigenvalue weighted by molar-refractivity contribution is 5.98. The van der Waals surface area contributed by atoms with Gasteiger partial charge >= 0.3 is 0 Å². The van der Waals surface area contributed by atoms with Crippen molar-refractivity contribution >= 4 is 11.6 Å². The van der Waals surface area contributed by atoms with Crippen molar-refractivity contribution < 1.29 is 9.18 Å². The highest BCUT2D eigenvalue weighted by atomic mass is 19.1. The molecular weight excluding hydrogens is 257 g/mol. The van der Waals surface area contributed by atoms with Crippen LogP contribution >= 0.6 is 0 Å². The molecule has 0 heterocycles. The molecule has 1 aromatic carbocycles. The summed E-state index contributed by atoms with van der Waals surface area (Å²) in [6.07, 6.45) is 3.28. The predicted octanol–water partition coefficient (Wildman–Crippen LogP) is 1.88. The first-order valence-electron chi connectivity index (χ1n) is 7.14. The molecule has 1 saturated carbocycles. The predicted molar refractivity (Wildman–Crippen MR) is 78.1 cm³/mol. The third-order valence-electron chi connectivity index (χ3n) is 4.20. The molecule has 1 aromatic rings. The Kier molecular flexibility index (Phi) is 4.60. The molecule has 0 spiro atoms. The highest BCUT2D eigenvalue weighted by Gasteiger charge is 2.32. The van der Waals surface area contributed by atoms with Crippen LogP contribution in [0.4, 0.5) is 10.1 Å². The van der Waals surface area contributed by atoms with Crippen LogP contribution in [0.25, 0.3) is 0 Å². The Morgan fingerprint density at radius 2 is 2.20 bits per heavy atom. The molecule has 4 N–H and O–H groups in total. The first kappa shape index (κ1) is 14.8. The average Bonchev–Trinajstić information content (AvgIpc) is 2.89. The molecule has 1 aliphatic rings. The largest absolute Gasteiger partial charge is 0.368 e. The Hall–Kier alpha value is -1.62. The van der Waals surface area contributed by atoms with E-state index in [1.54, 1.807) is 6.07 Å². The van der Waals surface area contributed by atoms with Crippen molar-refractivity contribution in [1.82, 2.24) is 0 Å². The molecule has 1 fully saturated rings. The fourth-order valence-corrected chi connectivity index (χ4v) is 3.24. The van der Waals surface area contributed by atoms with Gasteiger partial charge in [0.15, 0.2) is 0 Å². The average molecular weight is 279 g/mol. The second-order valence-electron chi connectivity index (χ2n) is 5.31. The molecule has 4 nitrogen and oxygen atoms in total. The lowest BCUT2D eigenvalue weighted by Crippen LogP contribution is -2.41. The van der Waals surface area contributed by atoms with Crippen LogP contribution in [0.15, 0.2) is 18.2 Å². The smallest absolute Gasteiger partial charge is 0.250 e. The molecule has 0 bridgehead atoms. The zero-order valence-electron chi connectivity index (χ0n) is 11.8. The van der Waals surface area contributed by atoms with Gasteiger partial charge in [0.1, 0.15) is 5.82 Å². The van der Waals surface area contributed by atoms with E-state index in [1.807, 2.05) is 6.92 Å². The maximum Gasteiger partial charge on any atom is 0.250 e. The van der Waals surface area contributed by atoms with Crippen LogP contribution in [0.3, 0.4) is 0 Å². The van der Waals surface area contributed by atoms with Gasteiger partial charge in [0.05, 0.1) is 5.56 Å². The van der Waals surface area contributed by atoms with Crippen LogP contribution in [-0.2, 0) is 0 Å². The Labute approximate surface area is 118 Å². The number of benzene rings is 1. The lowest BCUT2D eigenvalue weighted by atomic mass is 10.00. The van der Waals surface area contributed by atoms with E-state index < -0.39 is 11.7 Å². The normalized spacial score (nSPS) is 21.9. The van der Waals surface area contributed by atoms with Gasteiger partial charge in [-0.05, 0) is 50.4 Å². The first-order valence-corrected chi connectivity index (χ1v) is 7.14. The van der Waals surface area contributed by atoms with Crippen molar-refractivity contribution in [2.24, 2.45) is 17.4 Å². The molecule has 0 saturated heterocycles. The minimum atomic E-state index is -0.597. The molecule has 0 radical (unpaired) electrons. The standard InChI is InChI=1S/C15H22FN3O/c1-2-19(13-5-3-4-10(13)9-17)14-7-6-11(16)8-12(14)15(18)20/h6-8,10,13H,2-5,9,17H2,1H3,(H2,18,20). The highest BCUT2D eigenvalue weighted by Crippen LogP contribution is 2.34. The van der Waals surface area contributed by atoms with E-state index in [-0.39, 0.29) is 5.56 Å². The summed E-state index contributed by atoms with van der Waals surface area (Å²) in [6, 6.07) is 4.53. The molecule has 1 aliphatic carbocycles. The summed E-state index contributed by atoms with van der Waals surface area (Å²) in [5.41, 5.74) is 12.2. The number of carbonyl (C=O) groups excluding carboxylic acids is 1. The maximum atomic E-state index is 13.3. The van der Waals surface area contributed by atoms with Gasteiger partial charge in [-0.15, -0.1) is 0 Å². The monoisotopic (exact) mass is 279 g/mol. The minimum Gasteiger partial charge on any atom is -0.368 e. The molecule has 2 unspecified atom stereocenters. The first-order chi connectivity index (χ1) is 9.58. The van der Waals surface area contributed by atoms with E-state index in [9.17, 15) is 9.18 Å². The van der Waals surface area contributed by atoms with Gasteiger partial charge in [-0.25, -0.2) is 4.39 Å². The number of nitrogens with zero attached hydrogens (tertiary/aromatic N) is 1. The zero-order chi connectivity index (χ0) is 14.7. The summed E-state index contributed by atoms with van der Waals surface area (Å²) in [7, 11) is 0. The van der Waals surface area contributed by atoms with E-state index in [1.165, 1.54) is 12.1 Å². The van der Waals surface area contributed by atoms with Crippen LogP contribution in [0.5, 0.6) is 0 Å². The Balaban J connectivity index is 2.39. The summed E-state index contributed by atoms with van der Waals surface area (Å²) >= 11 is 0. The number of anilines is 1. The third-order valence-corrected chi connectivity index (χ3v) is 4.20. The van der Waals surface area contributed by atoms with Crippen LogP contribution in [0.1, 0.15) is 36.5 Å². The summed E-state index contributed by atoms with van der Waals surface area (Å²) in [5.74, 6) is -0.624. The molecule has 2 atom stereocenters. The molecule has 20 heavy (non-hydrogen) atoms. The van der Waals surface area contributed by atoms with E-state index in [0.29, 0.717) is 24.2 Å². The fraction of sp³-hybridized carbons (Fsp3) is 0.533. The van der Waals surface area contributed by atoms with Crippen LogP contribution in [0.2, 0.25) is 0 Å². The summed E-state index contributed by atoms with van der Waals surface area (Å²) in [5, 5.41) is 0. The molecule has 5 heteroatoms. The van der Waals surface area contributed by atoms with Crippen molar-refractivity contribution in [2.45, 2.75) is 32.2 Å². The number of rotatable bonds is 5. The quantitative estimate of drug-likeness (QED) is 0.864. The lowest BCUT2D eigenvalue weighted by molar-refractivity contribution is 0.1000. The van der Waals surface area contributed by atoms with Crippen molar-refractivity contribution in [3.63, 3.8) is 0 Å². The van der Waals surface area contributed by atoms with Crippen LogP contribution in [-0.4, -0.2) is 25.0 Å². The zero-order valence-corrected chi connectivity index (χ0v) is 11.8. The van der Waals surface area contributed by atoms with Gasteiger partial charge in [0.2, 0.25) is 0 Å². The van der Waals surface area contributed by atoms with Crippen molar-refractivity contribution in [1.29, 1.82) is 0 Å². The van der Waals surface area contributed by atoms with Crippen molar-refractivity contribution in [3.05, 3.63) is 29.6 Å². The molecular formula is C15H22FN3O. The van der Waals surface area contributed by atoms with Gasteiger partial charge < -0.3 is 16.4 Å². The number of halogens is 1. The Morgan fingerprint density at radius 1 is 1.45 bits per heavy atom. The molecule has 0 aliphatic heterocycles. The minimum absolute atomic E-state index is 0.245.